The Morgan fingerprint density at radius 2 is 1.82 bits per heavy atom. The van der Waals surface area contributed by atoms with Crippen LogP contribution in [-0.4, -0.2) is 59.9 Å². The lowest BCUT2D eigenvalue weighted by atomic mass is 9.79. The smallest absolute Gasteiger partial charge is 0.310 e. The number of carbonyl (C=O) groups excluding carboxylic acids is 3. The van der Waals surface area contributed by atoms with Crippen molar-refractivity contribution in [3.05, 3.63) is 29.8 Å². The van der Waals surface area contributed by atoms with E-state index in [4.69, 9.17) is 9.47 Å². The van der Waals surface area contributed by atoms with Gasteiger partial charge in [-0.05, 0) is 36.6 Å². The molecular formula is C20H21BrN2O5. The molecule has 2 saturated carbocycles. The summed E-state index contributed by atoms with van der Waals surface area (Å²) in [4.78, 5) is 39.5. The Morgan fingerprint density at radius 1 is 1.11 bits per heavy atom. The number of nitrogens with one attached hydrogen (secondary N) is 1. The van der Waals surface area contributed by atoms with Crippen molar-refractivity contribution in [3.63, 3.8) is 0 Å². The zero-order valence-corrected chi connectivity index (χ0v) is 16.8. The normalized spacial score (nSPS) is 35.8. The van der Waals surface area contributed by atoms with E-state index in [2.05, 4.69) is 21.2 Å². The third-order valence-corrected chi connectivity index (χ3v) is 7.72. The number of benzene rings is 1. The van der Waals surface area contributed by atoms with Crippen molar-refractivity contribution in [3.8, 4) is 0 Å². The fourth-order valence-electron chi connectivity index (χ4n) is 5.20. The number of ether oxygens (including phenoxy) is 2. The third-order valence-electron chi connectivity index (χ3n) is 6.52. The van der Waals surface area contributed by atoms with Gasteiger partial charge < -0.3 is 19.7 Å². The lowest BCUT2D eigenvalue weighted by Gasteiger charge is -2.28. The third kappa shape index (κ3) is 2.76. The van der Waals surface area contributed by atoms with Crippen molar-refractivity contribution >= 4 is 39.4 Å². The van der Waals surface area contributed by atoms with E-state index in [1.807, 2.05) is 0 Å². The first-order chi connectivity index (χ1) is 13.5. The molecule has 1 N–H and O–H groups in total. The van der Waals surface area contributed by atoms with Crippen LogP contribution in [0.3, 0.4) is 0 Å². The number of halogens is 1. The number of amides is 2. The zero-order valence-electron chi connectivity index (χ0n) is 15.2. The van der Waals surface area contributed by atoms with Gasteiger partial charge in [0.05, 0.1) is 29.9 Å². The molecule has 148 valence electrons. The standard InChI is InChI=1S/C20H21BrN2O5/c21-16-12-9-13-15(20(26)28-17(13)16)14(12)18(24)22-11-3-1-10(2-4-11)19(25)23-5-7-27-8-6-23/h1-4,12-17H,5-9H2,(H,22,24)/t12-,13-,14-,15-,16+,17+/m1/s1. The molecule has 2 saturated heterocycles. The molecule has 2 bridgehead atoms. The van der Waals surface area contributed by atoms with Crippen molar-refractivity contribution in [1.29, 1.82) is 0 Å². The number of hydrogen-bond acceptors (Lipinski definition) is 5. The minimum atomic E-state index is -0.365. The van der Waals surface area contributed by atoms with Crippen LogP contribution in [0, 0.1) is 23.7 Å². The molecule has 0 spiro atoms. The number of fused-ring (bicyclic) bond motifs is 1. The summed E-state index contributed by atoms with van der Waals surface area (Å²) >= 11 is 3.63. The molecule has 28 heavy (non-hydrogen) atoms. The molecule has 6 atom stereocenters. The van der Waals surface area contributed by atoms with Crippen molar-refractivity contribution < 1.29 is 23.9 Å². The fourth-order valence-corrected chi connectivity index (χ4v) is 6.25. The van der Waals surface area contributed by atoms with Crippen LogP contribution in [-0.2, 0) is 19.1 Å². The van der Waals surface area contributed by atoms with E-state index in [0.29, 0.717) is 37.6 Å². The monoisotopic (exact) mass is 448 g/mol. The molecule has 5 rings (SSSR count). The second-order valence-electron chi connectivity index (χ2n) is 7.93. The first-order valence-electron chi connectivity index (χ1n) is 9.67. The lowest BCUT2D eigenvalue weighted by Crippen LogP contribution is -2.41. The Labute approximate surface area is 170 Å². The topological polar surface area (TPSA) is 84.9 Å². The van der Waals surface area contributed by atoms with Crippen LogP contribution in [0.25, 0.3) is 0 Å². The largest absolute Gasteiger partial charge is 0.461 e. The average Bonchev–Trinajstić information content (AvgIpc) is 3.33. The molecule has 0 unspecified atom stereocenters. The lowest BCUT2D eigenvalue weighted by molar-refractivity contribution is -0.145. The van der Waals surface area contributed by atoms with Gasteiger partial charge in [0, 0.05) is 30.3 Å². The van der Waals surface area contributed by atoms with Gasteiger partial charge in [-0.1, -0.05) is 15.9 Å². The molecule has 7 nitrogen and oxygen atoms in total. The van der Waals surface area contributed by atoms with E-state index < -0.39 is 0 Å². The molecule has 0 radical (unpaired) electrons. The Bertz CT molecular complexity index is 822. The Kier molecular flexibility index (Phi) is 4.43. The molecule has 2 amide bonds. The Balaban J connectivity index is 1.27. The Morgan fingerprint density at radius 3 is 2.54 bits per heavy atom. The van der Waals surface area contributed by atoms with E-state index in [1.54, 1.807) is 29.2 Å². The zero-order chi connectivity index (χ0) is 19.4. The van der Waals surface area contributed by atoms with Gasteiger partial charge in [-0.2, -0.15) is 0 Å². The second-order valence-corrected chi connectivity index (χ2v) is 8.99. The molecule has 2 aliphatic heterocycles. The number of nitrogens with zero attached hydrogens (tertiary/aromatic N) is 1. The van der Waals surface area contributed by atoms with E-state index in [1.165, 1.54) is 0 Å². The van der Waals surface area contributed by atoms with E-state index in [9.17, 15) is 14.4 Å². The molecule has 0 aromatic heterocycles. The number of anilines is 1. The molecule has 4 aliphatic rings. The summed E-state index contributed by atoms with van der Waals surface area (Å²) in [6.07, 6.45) is 0.763. The highest BCUT2D eigenvalue weighted by Crippen LogP contribution is 2.60. The summed E-state index contributed by atoms with van der Waals surface area (Å²) in [5, 5.41) is 2.93. The summed E-state index contributed by atoms with van der Waals surface area (Å²) in [6, 6.07) is 6.92. The van der Waals surface area contributed by atoms with E-state index in [0.717, 1.165) is 6.42 Å². The van der Waals surface area contributed by atoms with Crippen LogP contribution in [0.2, 0.25) is 0 Å². The first-order valence-corrected chi connectivity index (χ1v) is 10.6. The molecule has 2 heterocycles. The van der Waals surface area contributed by atoms with Gasteiger partial charge in [0.15, 0.2) is 0 Å². The summed E-state index contributed by atoms with van der Waals surface area (Å²) in [6.45, 7) is 2.30. The van der Waals surface area contributed by atoms with Crippen molar-refractivity contribution in [1.82, 2.24) is 4.90 Å². The number of morpholine rings is 1. The van der Waals surface area contributed by atoms with Gasteiger partial charge in [-0.25, -0.2) is 0 Å². The SMILES string of the molecule is O=C(Nc1ccc(C(=O)N2CCOCC2)cc1)[C@@H]1[C@H]2C[C@H]3[C@H](OC(=O)[C@H]31)[C@H]2Br. The highest BCUT2D eigenvalue weighted by atomic mass is 79.9. The van der Waals surface area contributed by atoms with Crippen molar-refractivity contribution in [2.24, 2.45) is 23.7 Å². The molecule has 8 heteroatoms. The number of alkyl halides is 1. The first kappa shape index (κ1) is 18.1. The quantitative estimate of drug-likeness (QED) is 0.561. The van der Waals surface area contributed by atoms with Crippen LogP contribution in [0.5, 0.6) is 0 Å². The van der Waals surface area contributed by atoms with Crippen LogP contribution in [0.4, 0.5) is 5.69 Å². The predicted octanol–water partition coefficient (Wildman–Crippen LogP) is 1.67. The maximum Gasteiger partial charge on any atom is 0.310 e. The molecular weight excluding hydrogens is 428 g/mol. The van der Waals surface area contributed by atoms with Crippen molar-refractivity contribution in [2.45, 2.75) is 17.4 Å². The van der Waals surface area contributed by atoms with E-state index in [-0.39, 0.29) is 52.4 Å². The number of carbonyl (C=O) groups is 3. The number of esters is 1. The predicted molar refractivity (Wildman–Crippen MR) is 103 cm³/mol. The summed E-state index contributed by atoms with van der Waals surface area (Å²) in [5.74, 6) is -0.852. The molecule has 2 aliphatic carbocycles. The van der Waals surface area contributed by atoms with Gasteiger partial charge in [0.2, 0.25) is 5.91 Å². The second kappa shape index (κ2) is 6.84. The average molecular weight is 449 g/mol. The maximum atomic E-state index is 12.9. The highest BCUT2D eigenvalue weighted by molar-refractivity contribution is 9.09. The minimum absolute atomic E-state index is 0.0313. The molecule has 1 aromatic carbocycles. The van der Waals surface area contributed by atoms with Crippen LogP contribution in [0.1, 0.15) is 16.8 Å². The maximum absolute atomic E-state index is 12.9. The Hall–Kier alpha value is -1.93. The molecule has 1 aromatic rings. The van der Waals surface area contributed by atoms with Gasteiger partial charge in [0.1, 0.15) is 6.10 Å². The van der Waals surface area contributed by atoms with Crippen LogP contribution >= 0.6 is 15.9 Å². The van der Waals surface area contributed by atoms with Gasteiger partial charge in [-0.15, -0.1) is 0 Å². The number of hydrogen-bond donors (Lipinski definition) is 1. The fraction of sp³-hybridized carbons (Fsp3) is 0.550. The summed E-state index contributed by atoms with van der Waals surface area (Å²) in [5.41, 5.74) is 1.21. The van der Waals surface area contributed by atoms with Crippen LogP contribution < -0.4 is 5.32 Å². The van der Waals surface area contributed by atoms with Gasteiger partial charge in [0.25, 0.3) is 5.91 Å². The van der Waals surface area contributed by atoms with Gasteiger partial charge >= 0.3 is 5.97 Å². The highest BCUT2D eigenvalue weighted by Gasteiger charge is 2.67. The minimum Gasteiger partial charge on any atom is -0.461 e. The molecule has 4 fully saturated rings. The van der Waals surface area contributed by atoms with E-state index >= 15 is 0 Å². The van der Waals surface area contributed by atoms with Gasteiger partial charge in [-0.3, -0.25) is 14.4 Å². The number of rotatable bonds is 3. The van der Waals surface area contributed by atoms with Crippen LogP contribution in [0.15, 0.2) is 24.3 Å². The summed E-state index contributed by atoms with van der Waals surface area (Å²) in [7, 11) is 0. The summed E-state index contributed by atoms with van der Waals surface area (Å²) < 4.78 is 10.7. The van der Waals surface area contributed by atoms with Crippen molar-refractivity contribution in [2.75, 3.05) is 31.6 Å².